The molecule has 0 amide bonds. The summed E-state index contributed by atoms with van der Waals surface area (Å²) in [6.45, 7) is 7.05. The Bertz CT molecular complexity index is 339. The molecule has 0 fully saturated rings. The van der Waals surface area contributed by atoms with Crippen molar-refractivity contribution >= 4 is 24.2 Å². The number of benzene rings is 1. The topological polar surface area (TPSA) is 9.23 Å². The van der Waals surface area contributed by atoms with Gasteiger partial charge in [-0.2, -0.15) is 12.6 Å². The lowest BCUT2D eigenvalue weighted by Gasteiger charge is -2.19. The molecule has 1 aromatic carbocycles. The zero-order chi connectivity index (χ0) is 12.1. The van der Waals surface area contributed by atoms with Crippen LogP contribution in [0.5, 0.6) is 5.75 Å². The van der Waals surface area contributed by atoms with E-state index in [4.69, 9.17) is 16.3 Å². The van der Waals surface area contributed by atoms with Crippen molar-refractivity contribution in [3.8, 4) is 5.75 Å². The third-order valence-corrected chi connectivity index (χ3v) is 3.48. The Morgan fingerprint density at radius 2 is 2.06 bits per heavy atom. The highest BCUT2D eigenvalue weighted by atomic mass is 35.5. The molecule has 16 heavy (non-hydrogen) atoms. The van der Waals surface area contributed by atoms with Crippen molar-refractivity contribution in [2.75, 3.05) is 12.4 Å². The summed E-state index contributed by atoms with van der Waals surface area (Å²) in [4.78, 5) is 0. The van der Waals surface area contributed by atoms with Gasteiger partial charge in [0.15, 0.2) is 0 Å². The SMILES string of the molecule is Cc1ccc(OCC(CS)C(C)C)c(Cl)c1. The smallest absolute Gasteiger partial charge is 0.137 e. The summed E-state index contributed by atoms with van der Waals surface area (Å²) >= 11 is 10.4. The number of hydrogen-bond acceptors (Lipinski definition) is 2. The molecular formula is C13H19ClOS. The van der Waals surface area contributed by atoms with Gasteiger partial charge >= 0.3 is 0 Å². The predicted octanol–water partition coefficient (Wildman–Crippen LogP) is 4.23. The van der Waals surface area contributed by atoms with E-state index in [0.717, 1.165) is 17.1 Å². The fourth-order valence-corrected chi connectivity index (χ4v) is 2.19. The van der Waals surface area contributed by atoms with Gasteiger partial charge < -0.3 is 4.74 Å². The van der Waals surface area contributed by atoms with Crippen LogP contribution in [0.3, 0.4) is 0 Å². The van der Waals surface area contributed by atoms with Gasteiger partial charge in [-0.3, -0.25) is 0 Å². The first-order valence-electron chi connectivity index (χ1n) is 5.54. The van der Waals surface area contributed by atoms with Gasteiger partial charge in [-0.25, -0.2) is 0 Å². The lowest BCUT2D eigenvalue weighted by molar-refractivity contribution is 0.227. The molecule has 0 aliphatic carbocycles. The molecule has 0 bridgehead atoms. The van der Waals surface area contributed by atoms with E-state index in [0.29, 0.717) is 23.5 Å². The summed E-state index contributed by atoms with van der Waals surface area (Å²) < 4.78 is 5.73. The Labute approximate surface area is 109 Å². The quantitative estimate of drug-likeness (QED) is 0.778. The van der Waals surface area contributed by atoms with Crippen LogP contribution < -0.4 is 4.74 Å². The van der Waals surface area contributed by atoms with Gasteiger partial charge in [-0.15, -0.1) is 0 Å². The first-order valence-corrected chi connectivity index (χ1v) is 6.55. The van der Waals surface area contributed by atoms with E-state index in [1.165, 1.54) is 0 Å². The summed E-state index contributed by atoms with van der Waals surface area (Å²) in [5.41, 5.74) is 1.15. The molecule has 0 saturated carbocycles. The van der Waals surface area contributed by atoms with Gasteiger partial charge in [0.2, 0.25) is 0 Å². The minimum absolute atomic E-state index is 0.459. The molecule has 1 unspecified atom stereocenters. The molecule has 0 aromatic heterocycles. The van der Waals surface area contributed by atoms with E-state index >= 15 is 0 Å². The monoisotopic (exact) mass is 258 g/mol. The zero-order valence-corrected chi connectivity index (χ0v) is 11.7. The molecule has 0 heterocycles. The van der Waals surface area contributed by atoms with Crippen LogP contribution >= 0.6 is 24.2 Å². The van der Waals surface area contributed by atoms with Gasteiger partial charge in [0.05, 0.1) is 11.6 Å². The zero-order valence-electron chi connectivity index (χ0n) is 10.0. The van der Waals surface area contributed by atoms with Crippen molar-refractivity contribution in [2.45, 2.75) is 20.8 Å². The van der Waals surface area contributed by atoms with Crippen LogP contribution in [0.15, 0.2) is 18.2 Å². The standard InChI is InChI=1S/C13H19ClOS/c1-9(2)11(8-16)7-15-13-5-4-10(3)6-12(13)14/h4-6,9,11,16H,7-8H2,1-3H3. The Morgan fingerprint density at radius 3 is 2.56 bits per heavy atom. The normalized spacial score (nSPS) is 12.9. The van der Waals surface area contributed by atoms with Gasteiger partial charge in [0.25, 0.3) is 0 Å². The van der Waals surface area contributed by atoms with Gasteiger partial charge in [-0.1, -0.05) is 31.5 Å². The highest BCUT2D eigenvalue weighted by Crippen LogP contribution is 2.26. The van der Waals surface area contributed by atoms with Crippen molar-refractivity contribution < 1.29 is 4.74 Å². The van der Waals surface area contributed by atoms with E-state index in [1.54, 1.807) is 0 Å². The second-order valence-corrected chi connectivity index (χ2v) is 5.20. The van der Waals surface area contributed by atoms with Gasteiger partial charge in [0, 0.05) is 5.92 Å². The van der Waals surface area contributed by atoms with E-state index in [2.05, 4.69) is 26.5 Å². The molecule has 0 aliphatic rings. The largest absolute Gasteiger partial charge is 0.492 e. The number of ether oxygens (including phenoxy) is 1. The van der Waals surface area contributed by atoms with Crippen LogP contribution in [0, 0.1) is 18.8 Å². The van der Waals surface area contributed by atoms with Crippen molar-refractivity contribution in [2.24, 2.45) is 11.8 Å². The Kier molecular flexibility index (Phi) is 5.50. The molecule has 3 heteroatoms. The van der Waals surface area contributed by atoms with Crippen LogP contribution in [0.1, 0.15) is 19.4 Å². The lowest BCUT2D eigenvalue weighted by Crippen LogP contribution is -2.19. The second-order valence-electron chi connectivity index (χ2n) is 4.43. The summed E-state index contributed by atoms with van der Waals surface area (Å²) in [5, 5.41) is 0.682. The average Bonchev–Trinajstić information content (AvgIpc) is 2.21. The first-order chi connectivity index (χ1) is 7.54. The lowest BCUT2D eigenvalue weighted by atomic mass is 9.99. The van der Waals surface area contributed by atoms with Crippen molar-refractivity contribution in [3.05, 3.63) is 28.8 Å². The van der Waals surface area contributed by atoms with Crippen LogP contribution in [0.4, 0.5) is 0 Å². The molecular weight excluding hydrogens is 240 g/mol. The summed E-state index contributed by atoms with van der Waals surface area (Å²) in [6.07, 6.45) is 0. The highest BCUT2D eigenvalue weighted by molar-refractivity contribution is 7.80. The Morgan fingerprint density at radius 1 is 1.38 bits per heavy atom. The number of halogens is 1. The van der Waals surface area contributed by atoms with Crippen LogP contribution in [0.2, 0.25) is 5.02 Å². The summed E-state index contributed by atoms with van der Waals surface area (Å²) in [7, 11) is 0. The van der Waals surface area contributed by atoms with Crippen molar-refractivity contribution in [1.82, 2.24) is 0 Å². The maximum absolute atomic E-state index is 6.09. The summed E-state index contributed by atoms with van der Waals surface area (Å²) in [6, 6.07) is 5.85. The number of rotatable bonds is 5. The maximum Gasteiger partial charge on any atom is 0.137 e. The van der Waals surface area contributed by atoms with Gasteiger partial charge in [-0.05, 0) is 36.3 Å². The molecule has 0 aliphatic heterocycles. The first kappa shape index (κ1) is 13.7. The van der Waals surface area contributed by atoms with E-state index in [-0.39, 0.29) is 0 Å². The average molecular weight is 259 g/mol. The molecule has 0 spiro atoms. The third kappa shape index (κ3) is 3.91. The number of aryl methyl sites for hydroxylation is 1. The molecule has 1 rings (SSSR count). The van der Waals surface area contributed by atoms with Crippen molar-refractivity contribution in [1.29, 1.82) is 0 Å². The fraction of sp³-hybridized carbons (Fsp3) is 0.538. The molecule has 0 radical (unpaired) electrons. The number of hydrogen-bond donors (Lipinski definition) is 1. The highest BCUT2D eigenvalue weighted by Gasteiger charge is 2.13. The van der Waals surface area contributed by atoms with Crippen LogP contribution in [0.25, 0.3) is 0 Å². The van der Waals surface area contributed by atoms with E-state index < -0.39 is 0 Å². The maximum atomic E-state index is 6.09. The molecule has 1 nitrogen and oxygen atoms in total. The minimum Gasteiger partial charge on any atom is -0.492 e. The molecule has 0 N–H and O–H groups in total. The molecule has 90 valence electrons. The second kappa shape index (κ2) is 6.41. The van der Waals surface area contributed by atoms with E-state index in [1.807, 2.05) is 25.1 Å². The van der Waals surface area contributed by atoms with Gasteiger partial charge in [0.1, 0.15) is 5.75 Å². The third-order valence-electron chi connectivity index (χ3n) is 2.72. The van der Waals surface area contributed by atoms with Crippen LogP contribution in [-0.2, 0) is 0 Å². The minimum atomic E-state index is 0.459. The molecule has 1 atom stereocenters. The molecule has 1 aromatic rings. The fourth-order valence-electron chi connectivity index (χ4n) is 1.38. The summed E-state index contributed by atoms with van der Waals surface area (Å²) in [5.74, 6) is 2.63. The Hall–Kier alpha value is -0.340. The van der Waals surface area contributed by atoms with Crippen molar-refractivity contribution in [3.63, 3.8) is 0 Å². The predicted molar refractivity (Wildman–Crippen MR) is 73.9 cm³/mol. The molecule has 0 saturated heterocycles. The van der Waals surface area contributed by atoms with E-state index in [9.17, 15) is 0 Å². The Balaban J connectivity index is 2.60. The number of thiol groups is 1. The van der Waals surface area contributed by atoms with Crippen LogP contribution in [-0.4, -0.2) is 12.4 Å².